The maximum atomic E-state index is 13.5. The van der Waals surface area contributed by atoms with Crippen molar-refractivity contribution in [3.63, 3.8) is 0 Å². The molecule has 0 heterocycles. The number of alkyl halides is 3. The summed E-state index contributed by atoms with van der Waals surface area (Å²) < 4.78 is 51.0. The van der Waals surface area contributed by atoms with E-state index in [4.69, 9.17) is 9.47 Å². The highest BCUT2D eigenvalue weighted by Gasteiger charge is 2.58. The second-order valence-electron chi connectivity index (χ2n) is 6.46. The van der Waals surface area contributed by atoms with E-state index in [-0.39, 0.29) is 6.42 Å². The van der Waals surface area contributed by atoms with E-state index in [1.54, 1.807) is 27.7 Å². The summed E-state index contributed by atoms with van der Waals surface area (Å²) in [6, 6.07) is 0. The largest absolute Gasteiger partial charge is 0.443 e. The van der Waals surface area contributed by atoms with Gasteiger partial charge in [0.2, 0.25) is 0 Å². The van der Waals surface area contributed by atoms with E-state index >= 15 is 0 Å². The number of hydrogen-bond donors (Lipinski definition) is 0. The molecule has 0 radical (unpaired) electrons. The normalized spacial score (nSPS) is 13.4. The van der Waals surface area contributed by atoms with E-state index in [9.17, 15) is 13.2 Å². The Kier molecular flexibility index (Phi) is 10.3. The third-order valence-corrected chi connectivity index (χ3v) is 3.39. The zero-order valence-electron chi connectivity index (χ0n) is 14.8. The van der Waals surface area contributed by atoms with Gasteiger partial charge in [-0.25, -0.2) is 0 Å². The van der Waals surface area contributed by atoms with Crippen molar-refractivity contribution in [3.8, 4) is 0 Å². The van der Waals surface area contributed by atoms with E-state index < -0.39 is 24.2 Å². The fourth-order valence-electron chi connectivity index (χ4n) is 2.50. The molecule has 0 aromatic rings. The summed E-state index contributed by atoms with van der Waals surface area (Å²) in [7, 11) is 0. The van der Waals surface area contributed by atoms with Crippen LogP contribution in [0, 0.1) is 0 Å². The minimum Gasteiger partial charge on any atom is -0.340 e. The van der Waals surface area contributed by atoms with Crippen LogP contribution in [-0.4, -0.2) is 24.2 Å². The molecule has 0 spiro atoms. The molecule has 0 unspecified atom stereocenters. The van der Waals surface area contributed by atoms with Crippen molar-refractivity contribution < 1.29 is 22.6 Å². The Morgan fingerprint density at radius 1 is 0.727 bits per heavy atom. The van der Waals surface area contributed by atoms with Crippen LogP contribution in [0.15, 0.2) is 0 Å². The summed E-state index contributed by atoms with van der Waals surface area (Å²) in [5.74, 6) is -2.47. The van der Waals surface area contributed by atoms with Gasteiger partial charge in [-0.3, -0.25) is 0 Å². The molecule has 0 aliphatic heterocycles. The van der Waals surface area contributed by atoms with Crippen LogP contribution >= 0.6 is 0 Å². The lowest BCUT2D eigenvalue weighted by molar-refractivity contribution is -0.400. The average Bonchev–Trinajstić information content (AvgIpc) is 2.34. The minimum atomic E-state index is -4.52. The Balaban J connectivity index is 4.57. The van der Waals surface area contributed by atoms with Crippen molar-refractivity contribution in [2.24, 2.45) is 0 Å². The van der Waals surface area contributed by atoms with Gasteiger partial charge in [-0.2, -0.15) is 13.2 Å². The molecule has 0 amide bonds. The second-order valence-corrected chi connectivity index (χ2v) is 6.46. The summed E-state index contributed by atoms with van der Waals surface area (Å²) in [6.07, 6.45) is 1.09. The summed E-state index contributed by atoms with van der Waals surface area (Å²) in [4.78, 5) is 0. The first-order valence-electron chi connectivity index (χ1n) is 8.57. The quantitative estimate of drug-likeness (QED) is 0.312. The predicted octanol–water partition coefficient (Wildman–Crippen LogP) is 6.24. The zero-order valence-corrected chi connectivity index (χ0v) is 14.8. The number of rotatable bonds is 12. The molecule has 0 saturated heterocycles. The SMILES string of the molecule is CCCCCCCCCC(OC(C)C)(OC(C)C)C(F)(F)F. The first-order valence-corrected chi connectivity index (χ1v) is 8.57. The van der Waals surface area contributed by atoms with E-state index in [0.29, 0.717) is 6.42 Å². The predicted molar refractivity (Wildman–Crippen MR) is 83.8 cm³/mol. The average molecular weight is 326 g/mol. The number of halogens is 3. The Bertz CT molecular complexity index is 266. The van der Waals surface area contributed by atoms with Crippen LogP contribution in [-0.2, 0) is 9.47 Å². The van der Waals surface area contributed by atoms with Crippen LogP contribution < -0.4 is 0 Å². The molecule has 134 valence electrons. The lowest BCUT2D eigenvalue weighted by atomic mass is 10.0. The van der Waals surface area contributed by atoms with Crippen LogP contribution in [0.4, 0.5) is 13.2 Å². The Morgan fingerprint density at radius 3 is 1.50 bits per heavy atom. The van der Waals surface area contributed by atoms with Crippen molar-refractivity contribution in [2.75, 3.05) is 0 Å². The molecule has 0 N–H and O–H groups in total. The van der Waals surface area contributed by atoms with E-state index in [1.807, 2.05) is 0 Å². The minimum absolute atomic E-state index is 0.138. The molecule has 2 nitrogen and oxygen atoms in total. The molecule has 0 fully saturated rings. The first kappa shape index (κ1) is 21.7. The second kappa shape index (κ2) is 10.5. The Morgan fingerprint density at radius 2 is 1.14 bits per heavy atom. The van der Waals surface area contributed by atoms with Gasteiger partial charge in [-0.05, 0) is 34.1 Å². The van der Waals surface area contributed by atoms with Gasteiger partial charge in [0, 0.05) is 6.42 Å². The topological polar surface area (TPSA) is 18.5 Å². The zero-order chi connectivity index (χ0) is 17.2. The maximum Gasteiger partial charge on any atom is 0.443 e. The highest BCUT2D eigenvalue weighted by Crippen LogP contribution is 2.40. The van der Waals surface area contributed by atoms with E-state index in [1.165, 1.54) is 12.8 Å². The molecule has 0 atom stereocenters. The Labute approximate surface area is 133 Å². The third kappa shape index (κ3) is 8.37. The van der Waals surface area contributed by atoms with Crippen LogP contribution in [0.2, 0.25) is 0 Å². The van der Waals surface area contributed by atoms with Crippen molar-refractivity contribution in [3.05, 3.63) is 0 Å². The smallest absolute Gasteiger partial charge is 0.340 e. The Hall–Kier alpha value is -0.290. The van der Waals surface area contributed by atoms with Crippen LogP contribution in [0.1, 0.15) is 86.0 Å². The van der Waals surface area contributed by atoms with Crippen LogP contribution in [0.25, 0.3) is 0 Å². The number of unbranched alkanes of at least 4 members (excludes halogenated alkanes) is 6. The molecule has 0 bridgehead atoms. The molecule has 0 aliphatic carbocycles. The molecule has 22 heavy (non-hydrogen) atoms. The van der Waals surface area contributed by atoms with Crippen molar-refractivity contribution in [1.29, 1.82) is 0 Å². The molecular formula is C17H33F3O2. The fourth-order valence-corrected chi connectivity index (χ4v) is 2.50. The van der Waals surface area contributed by atoms with E-state index in [0.717, 1.165) is 25.7 Å². The standard InChI is InChI=1S/C17H33F3O2/c1-6-7-8-9-10-11-12-13-16(17(18,19)20,21-14(2)3)22-15(4)5/h14-15H,6-13H2,1-5H3. The van der Waals surface area contributed by atoms with Gasteiger partial charge >= 0.3 is 6.18 Å². The highest BCUT2D eigenvalue weighted by atomic mass is 19.4. The monoisotopic (exact) mass is 326 g/mol. The highest BCUT2D eigenvalue weighted by molar-refractivity contribution is 4.81. The van der Waals surface area contributed by atoms with Crippen LogP contribution in [0.5, 0.6) is 0 Å². The fraction of sp³-hybridized carbons (Fsp3) is 1.00. The van der Waals surface area contributed by atoms with Gasteiger partial charge < -0.3 is 9.47 Å². The molecule has 0 aliphatic rings. The molecule has 0 rings (SSSR count). The third-order valence-electron chi connectivity index (χ3n) is 3.39. The maximum absolute atomic E-state index is 13.5. The molecule has 0 aromatic heterocycles. The van der Waals surface area contributed by atoms with Crippen molar-refractivity contribution in [2.45, 2.75) is 110 Å². The molecule has 0 aromatic carbocycles. The lowest BCUT2D eigenvalue weighted by Crippen LogP contribution is -2.52. The summed E-state index contributed by atoms with van der Waals surface area (Å²) in [6.45, 7) is 8.57. The van der Waals surface area contributed by atoms with Crippen molar-refractivity contribution in [1.82, 2.24) is 0 Å². The van der Waals surface area contributed by atoms with Gasteiger partial charge in [0.15, 0.2) is 0 Å². The molecule has 0 saturated carbocycles. The summed E-state index contributed by atoms with van der Waals surface area (Å²) >= 11 is 0. The lowest BCUT2D eigenvalue weighted by Gasteiger charge is -2.38. The van der Waals surface area contributed by atoms with Gasteiger partial charge in [-0.1, -0.05) is 45.4 Å². The van der Waals surface area contributed by atoms with Gasteiger partial charge in [0.1, 0.15) is 0 Å². The molecule has 5 heteroatoms. The van der Waals surface area contributed by atoms with Gasteiger partial charge in [0.05, 0.1) is 12.2 Å². The van der Waals surface area contributed by atoms with Gasteiger partial charge in [0.25, 0.3) is 5.79 Å². The number of ether oxygens (including phenoxy) is 2. The first-order chi connectivity index (χ1) is 10.1. The van der Waals surface area contributed by atoms with Crippen molar-refractivity contribution >= 4 is 0 Å². The van der Waals surface area contributed by atoms with E-state index in [2.05, 4.69) is 6.92 Å². The molecular weight excluding hydrogens is 293 g/mol. The summed E-state index contributed by atoms with van der Waals surface area (Å²) in [5, 5.41) is 0. The van der Waals surface area contributed by atoms with Gasteiger partial charge in [-0.15, -0.1) is 0 Å². The summed E-state index contributed by atoms with van der Waals surface area (Å²) in [5.41, 5.74) is 0. The van der Waals surface area contributed by atoms with Crippen LogP contribution in [0.3, 0.4) is 0 Å². The number of hydrogen-bond acceptors (Lipinski definition) is 2.